The average Bonchev–Trinajstić information content (AvgIpc) is 2.13. The number of aliphatic imine (C=N–C) groups is 1. The predicted octanol–water partition coefficient (Wildman–Crippen LogP) is 0.656. The molecule has 4 nitrogen and oxygen atoms in total. The molecule has 0 rings (SSSR count). The Morgan fingerprint density at radius 3 is 2.36 bits per heavy atom. The lowest BCUT2D eigenvalue weighted by atomic mass is 10.7. The third-order valence-corrected chi connectivity index (χ3v) is 3.85. The van der Waals surface area contributed by atoms with Crippen molar-refractivity contribution in [2.75, 3.05) is 19.8 Å². The lowest BCUT2D eigenvalue weighted by Gasteiger charge is -2.28. The molecule has 0 fully saturated rings. The molecule has 0 aromatic heterocycles. The van der Waals surface area contributed by atoms with Crippen LogP contribution in [0.1, 0.15) is 20.8 Å². The summed E-state index contributed by atoms with van der Waals surface area (Å²) in [6, 6.07) is 0.908. The average molecular weight is 217 g/mol. The van der Waals surface area contributed by atoms with Crippen molar-refractivity contribution < 1.29 is 14.3 Å². The van der Waals surface area contributed by atoms with E-state index >= 15 is 0 Å². The van der Waals surface area contributed by atoms with E-state index in [0.29, 0.717) is 19.8 Å². The maximum absolute atomic E-state index is 9.84. The van der Waals surface area contributed by atoms with Crippen molar-refractivity contribution in [3.8, 4) is 0 Å². The van der Waals surface area contributed by atoms with Crippen molar-refractivity contribution in [2.24, 2.45) is 4.99 Å². The highest BCUT2D eigenvalue weighted by Gasteiger charge is 2.24. The highest BCUT2D eigenvalue weighted by Crippen LogP contribution is 2.12. The molecule has 0 radical (unpaired) electrons. The molecule has 0 saturated heterocycles. The Labute approximate surface area is 87.5 Å². The van der Waals surface area contributed by atoms with E-state index in [-0.39, 0.29) is 0 Å². The van der Waals surface area contributed by atoms with Gasteiger partial charge in [-0.2, -0.15) is 0 Å². The van der Waals surface area contributed by atoms with Gasteiger partial charge < -0.3 is 9.47 Å². The van der Waals surface area contributed by atoms with Crippen molar-refractivity contribution in [1.82, 2.24) is 0 Å². The third kappa shape index (κ3) is 6.04. The summed E-state index contributed by atoms with van der Waals surface area (Å²) < 4.78 is 11.1. The number of nitrogens with zero attached hydrogens (tertiary/aromatic N) is 1. The van der Waals surface area contributed by atoms with Crippen LogP contribution < -0.4 is 0 Å². The van der Waals surface area contributed by atoms with E-state index in [1.165, 1.54) is 6.08 Å². The van der Waals surface area contributed by atoms with E-state index in [1.807, 2.05) is 20.8 Å². The molecule has 0 unspecified atom stereocenters. The molecule has 0 aliphatic rings. The fourth-order valence-corrected chi connectivity index (χ4v) is 2.98. The SMILES string of the molecule is CCOC(C)(OCC)[SiH2]CCN=C=O. The van der Waals surface area contributed by atoms with Gasteiger partial charge in [0.2, 0.25) is 6.08 Å². The molecule has 0 amide bonds. The van der Waals surface area contributed by atoms with Crippen LogP contribution in [0.5, 0.6) is 0 Å². The summed E-state index contributed by atoms with van der Waals surface area (Å²) in [5.41, 5.74) is -0.401. The van der Waals surface area contributed by atoms with Crippen LogP contribution in [0.4, 0.5) is 0 Å². The quantitative estimate of drug-likeness (QED) is 0.197. The second kappa shape index (κ2) is 7.88. The first kappa shape index (κ1) is 13.5. The lowest BCUT2D eigenvalue weighted by Crippen LogP contribution is -2.39. The largest absolute Gasteiger partial charge is 0.355 e. The zero-order valence-corrected chi connectivity index (χ0v) is 10.6. The highest BCUT2D eigenvalue weighted by molar-refractivity contribution is 6.38. The van der Waals surface area contributed by atoms with Crippen LogP contribution in [0.3, 0.4) is 0 Å². The number of hydrogen-bond acceptors (Lipinski definition) is 4. The number of carbonyl (C=O) groups excluding carboxylic acids is 1. The van der Waals surface area contributed by atoms with Crippen molar-refractivity contribution >= 4 is 15.6 Å². The molecule has 0 spiro atoms. The fourth-order valence-electron chi connectivity index (χ4n) is 1.32. The standard InChI is InChI=1S/C9H19NO3Si/c1-4-12-9(3,13-5-2)14-7-6-10-8-11/h4-7,14H2,1-3H3. The first-order valence-corrected chi connectivity index (χ1v) is 6.70. The van der Waals surface area contributed by atoms with Crippen molar-refractivity contribution in [1.29, 1.82) is 0 Å². The third-order valence-electron chi connectivity index (χ3n) is 1.86. The van der Waals surface area contributed by atoms with E-state index < -0.39 is 14.9 Å². The van der Waals surface area contributed by atoms with Crippen LogP contribution >= 0.6 is 0 Å². The van der Waals surface area contributed by atoms with Crippen LogP contribution in [0.25, 0.3) is 0 Å². The first-order chi connectivity index (χ1) is 6.68. The van der Waals surface area contributed by atoms with Gasteiger partial charge in [-0.25, -0.2) is 9.79 Å². The van der Waals surface area contributed by atoms with E-state index in [4.69, 9.17) is 9.47 Å². The first-order valence-electron chi connectivity index (χ1n) is 5.00. The Balaban J connectivity index is 3.88. The molecule has 0 aliphatic carbocycles. The minimum absolute atomic E-state index is 0.401. The van der Waals surface area contributed by atoms with Crippen LogP contribution in [-0.4, -0.2) is 40.8 Å². The van der Waals surface area contributed by atoms with Crippen LogP contribution in [0, 0.1) is 0 Å². The fraction of sp³-hybridized carbons (Fsp3) is 0.889. The van der Waals surface area contributed by atoms with Crippen LogP contribution in [-0.2, 0) is 14.3 Å². The Bertz CT molecular complexity index is 186. The van der Waals surface area contributed by atoms with Gasteiger partial charge in [-0.05, 0) is 26.8 Å². The van der Waals surface area contributed by atoms with Crippen molar-refractivity contribution in [3.63, 3.8) is 0 Å². The monoisotopic (exact) mass is 217 g/mol. The van der Waals surface area contributed by atoms with Gasteiger partial charge in [-0.1, -0.05) is 0 Å². The zero-order chi connectivity index (χ0) is 10.9. The van der Waals surface area contributed by atoms with E-state index in [2.05, 4.69) is 4.99 Å². The summed E-state index contributed by atoms with van der Waals surface area (Å²) in [5, 5.41) is 0. The molecular formula is C9H19NO3Si. The van der Waals surface area contributed by atoms with Gasteiger partial charge in [-0.3, -0.25) is 0 Å². The second-order valence-electron chi connectivity index (χ2n) is 3.08. The van der Waals surface area contributed by atoms with E-state index in [0.717, 1.165) is 6.04 Å². The predicted molar refractivity (Wildman–Crippen MR) is 58.0 cm³/mol. The molecule has 0 N–H and O–H groups in total. The molecule has 0 saturated carbocycles. The maximum Gasteiger partial charge on any atom is 0.234 e. The van der Waals surface area contributed by atoms with Gasteiger partial charge >= 0.3 is 0 Å². The molecule has 0 aliphatic heterocycles. The van der Waals surface area contributed by atoms with E-state index in [9.17, 15) is 4.79 Å². The van der Waals surface area contributed by atoms with Crippen molar-refractivity contribution in [3.05, 3.63) is 0 Å². The topological polar surface area (TPSA) is 47.9 Å². The highest BCUT2D eigenvalue weighted by atomic mass is 28.2. The second-order valence-corrected chi connectivity index (χ2v) is 5.57. The minimum atomic E-state index is -0.531. The number of hydrogen-bond donors (Lipinski definition) is 0. The maximum atomic E-state index is 9.84. The summed E-state index contributed by atoms with van der Waals surface area (Å²) in [4.78, 5) is 13.4. The number of isocyanates is 1. The lowest BCUT2D eigenvalue weighted by molar-refractivity contribution is -0.163. The number of ether oxygens (including phenoxy) is 2. The molecule has 82 valence electrons. The summed E-state index contributed by atoms with van der Waals surface area (Å²) in [6.07, 6.45) is 1.53. The van der Waals surface area contributed by atoms with Crippen LogP contribution in [0.2, 0.25) is 6.04 Å². The molecular weight excluding hydrogens is 198 g/mol. The van der Waals surface area contributed by atoms with Gasteiger partial charge in [0.1, 0.15) is 5.41 Å². The number of rotatable bonds is 8. The summed E-state index contributed by atoms with van der Waals surface area (Å²) in [7, 11) is -0.531. The smallest absolute Gasteiger partial charge is 0.234 e. The molecule has 14 heavy (non-hydrogen) atoms. The molecule has 0 bridgehead atoms. The zero-order valence-electron chi connectivity index (χ0n) is 9.21. The molecule has 0 aromatic rings. The Kier molecular flexibility index (Phi) is 7.61. The van der Waals surface area contributed by atoms with Gasteiger partial charge in [0.15, 0.2) is 0 Å². The van der Waals surface area contributed by atoms with Gasteiger partial charge in [-0.15, -0.1) is 0 Å². The van der Waals surface area contributed by atoms with E-state index in [1.54, 1.807) is 0 Å². The minimum Gasteiger partial charge on any atom is -0.355 e. The molecule has 5 heteroatoms. The van der Waals surface area contributed by atoms with Gasteiger partial charge in [0, 0.05) is 19.8 Å². The Hall–Kier alpha value is -0.483. The Morgan fingerprint density at radius 2 is 1.93 bits per heavy atom. The van der Waals surface area contributed by atoms with Gasteiger partial charge in [0.25, 0.3) is 0 Å². The normalized spacial score (nSPS) is 11.9. The molecule has 0 heterocycles. The molecule has 0 atom stereocenters. The molecule has 0 aromatic carbocycles. The summed E-state index contributed by atoms with van der Waals surface area (Å²) >= 11 is 0. The summed E-state index contributed by atoms with van der Waals surface area (Å²) in [5.74, 6) is 0. The Morgan fingerprint density at radius 1 is 1.36 bits per heavy atom. The summed E-state index contributed by atoms with van der Waals surface area (Å²) in [6.45, 7) is 7.73. The van der Waals surface area contributed by atoms with Gasteiger partial charge in [0.05, 0.1) is 9.52 Å². The van der Waals surface area contributed by atoms with Crippen molar-refractivity contribution in [2.45, 2.75) is 32.2 Å². The van der Waals surface area contributed by atoms with Crippen LogP contribution in [0.15, 0.2) is 4.99 Å².